The number of carbonyl (C=O) groups excluding carboxylic acids is 1. The molecule has 0 spiro atoms. The lowest BCUT2D eigenvalue weighted by Gasteiger charge is -2.12. The molecule has 0 aliphatic heterocycles. The third-order valence-corrected chi connectivity index (χ3v) is 3.00. The van der Waals surface area contributed by atoms with Gasteiger partial charge in [-0.3, -0.25) is 4.79 Å². The SMILES string of the molecule is CCCNC(=O)CNc1cc(C(F)(F)F)ccc1Br. The normalized spacial score (nSPS) is 11.2. The van der Waals surface area contributed by atoms with Crippen molar-refractivity contribution in [2.24, 2.45) is 0 Å². The molecule has 0 aliphatic carbocycles. The van der Waals surface area contributed by atoms with Gasteiger partial charge < -0.3 is 10.6 Å². The Morgan fingerprint density at radius 2 is 2.05 bits per heavy atom. The maximum atomic E-state index is 12.5. The molecule has 0 saturated carbocycles. The molecule has 2 N–H and O–H groups in total. The summed E-state index contributed by atoms with van der Waals surface area (Å²) >= 11 is 3.14. The second-order valence-corrected chi connectivity index (χ2v) is 4.75. The van der Waals surface area contributed by atoms with Gasteiger partial charge in [-0.15, -0.1) is 0 Å². The molecule has 1 amide bonds. The van der Waals surface area contributed by atoms with Crippen LogP contribution in [-0.2, 0) is 11.0 Å². The number of nitrogens with one attached hydrogen (secondary N) is 2. The summed E-state index contributed by atoms with van der Waals surface area (Å²) in [7, 11) is 0. The van der Waals surface area contributed by atoms with Crippen LogP contribution in [0.25, 0.3) is 0 Å². The minimum Gasteiger partial charge on any atom is -0.375 e. The van der Waals surface area contributed by atoms with Gasteiger partial charge in [0.15, 0.2) is 0 Å². The quantitative estimate of drug-likeness (QED) is 0.863. The molecule has 0 aromatic heterocycles. The molecule has 0 saturated heterocycles. The number of hydrogen-bond acceptors (Lipinski definition) is 2. The van der Waals surface area contributed by atoms with Crippen molar-refractivity contribution in [1.82, 2.24) is 5.32 Å². The van der Waals surface area contributed by atoms with Crippen LogP contribution in [-0.4, -0.2) is 19.0 Å². The monoisotopic (exact) mass is 338 g/mol. The summed E-state index contributed by atoms with van der Waals surface area (Å²) < 4.78 is 38.1. The lowest BCUT2D eigenvalue weighted by molar-refractivity contribution is -0.137. The molecule has 1 rings (SSSR count). The summed E-state index contributed by atoms with van der Waals surface area (Å²) in [4.78, 5) is 11.4. The highest BCUT2D eigenvalue weighted by Crippen LogP contribution is 2.33. The van der Waals surface area contributed by atoms with E-state index in [1.807, 2.05) is 6.92 Å². The number of anilines is 1. The molecule has 106 valence electrons. The van der Waals surface area contributed by atoms with Gasteiger partial charge in [0.1, 0.15) is 0 Å². The fraction of sp³-hybridized carbons (Fsp3) is 0.417. The molecule has 0 aliphatic rings. The van der Waals surface area contributed by atoms with Crippen LogP contribution >= 0.6 is 15.9 Å². The van der Waals surface area contributed by atoms with Crippen molar-refractivity contribution >= 4 is 27.5 Å². The highest BCUT2D eigenvalue weighted by atomic mass is 79.9. The van der Waals surface area contributed by atoms with E-state index >= 15 is 0 Å². The Labute approximate surface area is 117 Å². The van der Waals surface area contributed by atoms with Gasteiger partial charge in [0.05, 0.1) is 12.1 Å². The number of benzene rings is 1. The summed E-state index contributed by atoms with van der Waals surface area (Å²) in [5.41, 5.74) is -0.520. The Hall–Kier alpha value is -1.24. The Morgan fingerprint density at radius 1 is 1.37 bits per heavy atom. The van der Waals surface area contributed by atoms with E-state index in [-0.39, 0.29) is 18.1 Å². The van der Waals surface area contributed by atoms with Crippen molar-refractivity contribution in [3.05, 3.63) is 28.2 Å². The summed E-state index contributed by atoms with van der Waals surface area (Å²) in [5, 5.41) is 5.30. The van der Waals surface area contributed by atoms with Gasteiger partial charge in [0.2, 0.25) is 5.91 Å². The third kappa shape index (κ3) is 5.10. The van der Waals surface area contributed by atoms with Crippen LogP contribution in [0.15, 0.2) is 22.7 Å². The van der Waals surface area contributed by atoms with Crippen LogP contribution < -0.4 is 10.6 Å². The minimum absolute atomic E-state index is 0.0695. The molecule has 19 heavy (non-hydrogen) atoms. The van der Waals surface area contributed by atoms with Crippen LogP contribution in [0.1, 0.15) is 18.9 Å². The maximum absolute atomic E-state index is 12.5. The number of alkyl halides is 3. The number of carbonyl (C=O) groups is 1. The highest BCUT2D eigenvalue weighted by Gasteiger charge is 2.30. The molecule has 0 fully saturated rings. The Bertz CT molecular complexity index is 449. The van der Waals surface area contributed by atoms with Crippen LogP contribution in [0, 0.1) is 0 Å². The highest BCUT2D eigenvalue weighted by molar-refractivity contribution is 9.10. The van der Waals surface area contributed by atoms with Crippen molar-refractivity contribution in [2.75, 3.05) is 18.4 Å². The summed E-state index contributed by atoms with van der Waals surface area (Å²) in [6.07, 6.45) is -3.60. The number of amides is 1. The van der Waals surface area contributed by atoms with Crippen LogP contribution in [0.5, 0.6) is 0 Å². The first-order valence-corrected chi connectivity index (χ1v) is 6.51. The Balaban J connectivity index is 2.70. The lowest BCUT2D eigenvalue weighted by Crippen LogP contribution is -2.30. The van der Waals surface area contributed by atoms with E-state index in [1.54, 1.807) is 0 Å². The zero-order valence-corrected chi connectivity index (χ0v) is 11.9. The van der Waals surface area contributed by atoms with Crippen LogP contribution in [0.2, 0.25) is 0 Å². The van der Waals surface area contributed by atoms with Gasteiger partial charge >= 0.3 is 6.18 Å². The first-order chi connectivity index (χ1) is 8.84. The predicted octanol–water partition coefficient (Wildman–Crippen LogP) is 3.41. The van der Waals surface area contributed by atoms with E-state index in [0.717, 1.165) is 18.6 Å². The first kappa shape index (κ1) is 15.8. The van der Waals surface area contributed by atoms with Gasteiger partial charge in [0.25, 0.3) is 0 Å². The average molecular weight is 339 g/mol. The topological polar surface area (TPSA) is 41.1 Å². The van der Waals surface area contributed by atoms with E-state index in [4.69, 9.17) is 0 Å². The third-order valence-electron chi connectivity index (χ3n) is 2.31. The van der Waals surface area contributed by atoms with Crippen molar-refractivity contribution in [2.45, 2.75) is 19.5 Å². The fourth-order valence-corrected chi connectivity index (χ4v) is 1.73. The van der Waals surface area contributed by atoms with Gasteiger partial charge in [-0.25, -0.2) is 0 Å². The molecule has 0 bridgehead atoms. The molecule has 0 radical (unpaired) electrons. The van der Waals surface area contributed by atoms with Gasteiger partial charge in [0, 0.05) is 16.7 Å². The fourth-order valence-electron chi connectivity index (χ4n) is 1.34. The van der Waals surface area contributed by atoms with Crippen molar-refractivity contribution in [3.63, 3.8) is 0 Å². The van der Waals surface area contributed by atoms with E-state index in [0.29, 0.717) is 11.0 Å². The van der Waals surface area contributed by atoms with Crippen molar-refractivity contribution in [1.29, 1.82) is 0 Å². The van der Waals surface area contributed by atoms with Gasteiger partial charge in [-0.05, 0) is 40.5 Å². The molecule has 1 aromatic carbocycles. The predicted molar refractivity (Wildman–Crippen MR) is 70.9 cm³/mol. The van der Waals surface area contributed by atoms with E-state index in [2.05, 4.69) is 26.6 Å². The molecule has 1 aromatic rings. The van der Waals surface area contributed by atoms with Crippen LogP contribution in [0.4, 0.5) is 18.9 Å². The van der Waals surface area contributed by atoms with E-state index < -0.39 is 11.7 Å². The minimum atomic E-state index is -4.40. The number of halogens is 4. The molecule has 3 nitrogen and oxygen atoms in total. The Kier molecular flexibility index (Phi) is 5.65. The average Bonchev–Trinajstić information content (AvgIpc) is 2.33. The molecule has 0 atom stereocenters. The molecular formula is C12H14BrF3N2O. The summed E-state index contributed by atoms with van der Waals surface area (Å²) in [6, 6.07) is 3.25. The molecule has 0 heterocycles. The zero-order valence-electron chi connectivity index (χ0n) is 10.3. The van der Waals surface area contributed by atoms with Gasteiger partial charge in [-0.1, -0.05) is 6.92 Å². The second-order valence-electron chi connectivity index (χ2n) is 3.90. The molecule has 7 heteroatoms. The Morgan fingerprint density at radius 3 is 2.63 bits per heavy atom. The zero-order chi connectivity index (χ0) is 14.5. The second kappa shape index (κ2) is 6.79. The molecule has 0 unspecified atom stereocenters. The molecular weight excluding hydrogens is 325 g/mol. The summed E-state index contributed by atoms with van der Waals surface area (Å²) in [6.45, 7) is 2.39. The van der Waals surface area contributed by atoms with E-state index in [9.17, 15) is 18.0 Å². The maximum Gasteiger partial charge on any atom is 0.416 e. The standard InChI is InChI=1S/C12H14BrF3N2O/c1-2-5-17-11(19)7-18-10-6-8(12(14,15)16)3-4-9(10)13/h3-4,6,18H,2,5,7H2,1H3,(H,17,19). The number of rotatable bonds is 5. The lowest BCUT2D eigenvalue weighted by atomic mass is 10.2. The van der Waals surface area contributed by atoms with Gasteiger partial charge in [-0.2, -0.15) is 13.2 Å². The largest absolute Gasteiger partial charge is 0.416 e. The number of hydrogen-bond donors (Lipinski definition) is 2. The first-order valence-electron chi connectivity index (χ1n) is 5.72. The summed E-state index contributed by atoms with van der Waals surface area (Å²) in [5.74, 6) is -0.258. The smallest absolute Gasteiger partial charge is 0.375 e. The van der Waals surface area contributed by atoms with Crippen molar-refractivity contribution in [3.8, 4) is 0 Å². The van der Waals surface area contributed by atoms with E-state index in [1.165, 1.54) is 6.07 Å². The van der Waals surface area contributed by atoms with Crippen molar-refractivity contribution < 1.29 is 18.0 Å². The van der Waals surface area contributed by atoms with Crippen LogP contribution in [0.3, 0.4) is 0 Å².